The van der Waals surface area contributed by atoms with Crippen molar-refractivity contribution in [2.45, 2.75) is 26.5 Å². The lowest BCUT2D eigenvalue weighted by molar-refractivity contribution is -0.123. The minimum absolute atomic E-state index is 0.200. The first-order valence-corrected chi connectivity index (χ1v) is 11.5. The van der Waals surface area contributed by atoms with Gasteiger partial charge >= 0.3 is 5.97 Å². The number of fused-ring (bicyclic) bond motifs is 1. The Kier molecular flexibility index (Phi) is 6.46. The van der Waals surface area contributed by atoms with E-state index in [1.54, 1.807) is 35.9 Å². The maximum atomic E-state index is 13.7. The van der Waals surface area contributed by atoms with Crippen LogP contribution in [0.15, 0.2) is 77.4 Å². The number of nitrogens with zero attached hydrogens (tertiary/aromatic N) is 4. The van der Waals surface area contributed by atoms with E-state index < -0.39 is 18.0 Å². The van der Waals surface area contributed by atoms with Crippen LogP contribution in [0.1, 0.15) is 28.6 Å². The third kappa shape index (κ3) is 5.22. The minimum Gasteiger partial charge on any atom is -0.449 e. The average molecular weight is 500 g/mol. The highest BCUT2D eigenvalue weighted by Gasteiger charge is 2.24. The van der Waals surface area contributed by atoms with E-state index in [1.807, 2.05) is 30.3 Å². The van der Waals surface area contributed by atoms with Gasteiger partial charge in [-0.1, -0.05) is 47.6 Å². The van der Waals surface area contributed by atoms with Crippen LogP contribution in [0.4, 0.5) is 10.2 Å². The Hall–Kier alpha value is -4.86. The fourth-order valence-electron chi connectivity index (χ4n) is 3.83. The van der Waals surface area contributed by atoms with Crippen molar-refractivity contribution in [3.63, 3.8) is 0 Å². The molecular weight excluding hydrogens is 477 g/mol. The Labute approximate surface area is 210 Å². The second-order valence-electron chi connectivity index (χ2n) is 8.45. The average Bonchev–Trinajstić information content (AvgIpc) is 3.49. The molecule has 3 aromatic heterocycles. The summed E-state index contributed by atoms with van der Waals surface area (Å²) in [7, 11) is 0. The van der Waals surface area contributed by atoms with E-state index in [4.69, 9.17) is 14.2 Å². The monoisotopic (exact) mass is 499 g/mol. The van der Waals surface area contributed by atoms with Crippen LogP contribution in [-0.4, -0.2) is 37.9 Å². The fourth-order valence-corrected chi connectivity index (χ4v) is 3.83. The van der Waals surface area contributed by atoms with E-state index in [9.17, 15) is 14.0 Å². The lowest BCUT2D eigenvalue weighted by atomic mass is 10.1. The molecule has 186 valence electrons. The predicted molar refractivity (Wildman–Crippen MR) is 133 cm³/mol. The molecule has 0 spiro atoms. The molecule has 5 aromatic rings. The first-order valence-electron chi connectivity index (χ1n) is 11.5. The van der Waals surface area contributed by atoms with Crippen LogP contribution in [0.3, 0.4) is 0 Å². The molecule has 0 aliphatic carbocycles. The lowest BCUT2D eigenvalue weighted by Gasteiger charge is -2.14. The zero-order chi connectivity index (χ0) is 25.9. The van der Waals surface area contributed by atoms with Crippen molar-refractivity contribution in [1.82, 2.24) is 19.9 Å². The van der Waals surface area contributed by atoms with Gasteiger partial charge in [0.1, 0.15) is 11.6 Å². The molecule has 5 rings (SSSR count). The number of carbonyl (C=O) groups is 2. The number of hydrogen-bond acceptors (Lipinski definition) is 7. The largest absolute Gasteiger partial charge is 0.449 e. The summed E-state index contributed by atoms with van der Waals surface area (Å²) in [5, 5.41) is 11.1. The number of aromatic nitrogens is 4. The van der Waals surface area contributed by atoms with Gasteiger partial charge in [-0.2, -0.15) is 5.10 Å². The third-order valence-corrected chi connectivity index (χ3v) is 5.65. The smallest absolute Gasteiger partial charge is 0.339 e. The Balaban J connectivity index is 1.48. The van der Waals surface area contributed by atoms with E-state index in [1.165, 1.54) is 25.3 Å². The molecule has 0 saturated carbocycles. The quantitative estimate of drug-likeness (QED) is 0.321. The van der Waals surface area contributed by atoms with Gasteiger partial charge in [0.05, 0.1) is 29.4 Å². The number of nitrogens with one attached hydrogen (secondary N) is 1. The summed E-state index contributed by atoms with van der Waals surface area (Å²) in [6.07, 6.45) is 0.394. The van der Waals surface area contributed by atoms with E-state index in [0.29, 0.717) is 28.1 Å². The molecular formula is C27H22FN5O4. The van der Waals surface area contributed by atoms with Gasteiger partial charge in [0, 0.05) is 11.6 Å². The summed E-state index contributed by atoms with van der Waals surface area (Å²) in [5.74, 6) is -0.875. The van der Waals surface area contributed by atoms with Crippen molar-refractivity contribution in [2.24, 2.45) is 0 Å². The van der Waals surface area contributed by atoms with Crippen LogP contribution in [0.2, 0.25) is 0 Å². The van der Waals surface area contributed by atoms with Crippen LogP contribution in [0, 0.1) is 12.7 Å². The number of halogens is 1. The summed E-state index contributed by atoms with van der Waals surface area (Å²) in [6.45, 7) is 3.40. The normalized spacial score (nSPS) is 11.9. The molecule has 1 amide bonds. The molecule has 3 heterocycles. The Morgan fingerprint density at radius 3 is 2.65 bits per heavy atom. The van der Waals surface area contributed by atoms with E-state index >= 15 is 0 Å². The maximum absolute atomic E-state index is 13.7. The highest BCUT2D eigenvalue weighted by atomic mass is 19.1. The summed E-state index contributed by atoms with van der Waals surface area (Å²) in [6, 6.07) is 18.7. The maximum Gasteiger partial charge on any atom is 0.339 e. The molecule has 2 aromatic carbocycles. The zero-order valence-electron chi connectivity index (χ0n) is 20.0. The van der Waals surface area contributed by atoms with Gasteiger partial charge in [0.2, 0.25) is 0 Å². The number of carbonyl (C=O) groups excluding carboxylic acids is 2. The van der Waals surface area contributed by atoms with Crippen LogP contribution in [-0.2, 0) is 16.1 Å². The number of esters is 1. The van der Waals surface area contributed by atoms with E-state index in [0.717, 1.165) is 5.56 Å². The zero-order valence-corrected chi connectivity index (χ0v) is 20.0. The number of benzene rings is 2. The van der Waals surface area contributed by atoms with E-state index in [-0.39, 0.29) is 23.7 Å². The van der Waals surface area contributed by atoms with Crippen molar-refractivity contribution in [2.75, 3.05) is 5.32 Å². The van der Waals surface area contributed by atoms with Crippen LogP contribution >= 0.6 is 0 Å². The Bertz CT molecular complexity index is 1600. The van der Waals surface area contributed by atoms with Crippen LogP contribution in [0.25, 0.3) is 22.3 Å². The number of rotatable bonds is 7. The number of aryl methyl sites for hydroxylation is 1. The molecule has 9 nitrogen and oxygen atoms in total. The van der Waals surface area contributed by atoms with Gasteiger partial charge in [0.15, 0.2) is 17.6 Å². The van der Waals surface area contributed by atoms with Gasteiger partial charge in [-0.15, -0.1) is 0 Å². The molecule has 0 bridgehead atoms. The van der Waals surface area contributed by atoms with Gasteiger partial charge in [0.25, 0.3) is 5.91 Å². The third-order valence-electron chi connectivity index (χ3n) is 5.65. The molecule has 0 aliphatic rings. The van der Waals surface area contributed by atoms with Gasteiger partial charge < -0.3 is 14.6 Å². The van der Waals surface area contributed by atoms with Gasteiger partial charge in [-0.3, -0.25) is 4.79 Å². The minimum atomic E-state index is -1.12. The lowest BCUT2D eigenvalue weighted by Crippen LogP contribution is -2.30. The van der Waals surface area contributed by atoms with E-state index in [2.05, 4.69) is 15.6 Å². The molecule has 0 aliphatic heterocycles. The number of amides is 1. The molecule has 0 fully saturated rings. The summed E-state index contributed by atoms with van der Waals surface area (Å²) in [4.78, 5) is 30.6. The molecule has 1 unspecified atom stereocenters. The van der Waals surface area contributed by atoms with Gasteiger partial charge in [-0.25, -0.2) is 18.9 Å². The van der Waals surface area contributed by atoms with Crippen molar-refractivity contribution in [1.29, 1.82) is 0 Å². The highest BCUT2D eigenvalue weighted by molar-refractivity contribution is 6.05. The van der Waals surface area contributed by atoms with Crippen molar-refractivity contribution in [3.05, 3.63) is 95.6 Å². The first kappa shape index (κ1) is 23.9. The number of hydrogen-bond donors (Lipinski definition) is 1. The Morgan fingerprint density at radius 1 is 1.11 bits per heavy atom. The van der Waals surface area contributed by atoms with Crippen molar-refractivity contribution in [3.8, 4) is 11.3 Å². The molecule has 10 heteroatoms. The molecule has 1 N–H and O–H groups in total. The second kappa shape index (κ2) is 10.0. The fraction of sp³-hybridized carbons (Fsp3) is 0.148. The SMILES string of the molecule is Cc1cc(NC(=O)C(C)OC(=O)c2cc(-c3ccccc3)nc3c2cnn3Cc2cccc(F)c2)no1. The number of pyridine rings is 1. The highest BCUT2D eigenvalue weighted by Crippen LogP contribution is 2.26. The number of ether oxygens (including phenoxy) is 1. The molecule has 1 atom stereocenters. The first-order chi connectivity index (χ1) is 17.9. The van der Waals surface area contributed by atoms with Crippen LogP contribution in [0.5, 0.6) is 0 Å². The molecule has 0 saturated heterocycles. The summed E-state index contributed by atoms with van der Waals surface area (Å²) >= 11 is 0. The predicted octanol–water partition coefficient (Wildman–Crippen LogP) is 4.77. The Morgan fingerprint density at radius 2 is 1.92 bits per heavy atom. The topological polar surface area (TPSA) is 112 Å². The standard InChI is InChI=1S/C27H22FN5O4/c1-16-11-24(32-37-16)31-26(34)17(2)36-27(35)21-13-23(19-8-4-3-5-9-19)30-25-22(21)14-29-33(25)15-18-7-6-10-20(28)12-18/h3-14,17H,15H2,1-2H3,(H,31,32,34). The second-order valence-corrected chi connectivity index (χ2v) is 8.45. The summed E-state index contributed by atoms with van der Waals surface area (Å²) in [5.41, 5.74) is 2.62. The van der Waals surface area contributed by atoms with Crippen LogP contribution < -0.4 is 5.32 Å². The van der Waals surface area contributed by atoms with Crippen molar-refractivity contribution >= 4 is 28.7 Å². The molecule has 0 radical (unpaired) electrons. The number of anilines is 1. The summed E-state index contributed by atoms with van der Waals surface area (Å²) < 4.78 is 25.8. The molecule has 37 heavy (non-hydrogen) atoms. The van der Waals surface area contributed by atoms with Crippen molar-refractivity contribution < 1.29 is 23.2 Å². The van der Waals surface area contributed by atoms with Gasteiger partial charge in [-0.05, 0) is 37.6 Å².